The van der Waals surface area contributed by atoms with Crippen LogP contribution in [-0.4, -0.2) is 25.8 Å². The number of hydrogen-bond donors (Lipinski definition) is 1. The molecule has 0 saturated heterocycles. The Balaban J connectivity index is 1.41. The molecule has 3 aromatic carbocycles. The van der Waals surface area contributed by atoms with Crippen LogP contribution in [0.1, 0.15) is 27.8 Å². The first-order chi connectivity index (χ1) is 17.7. The van der Waals surface area contributed by atoms with Crippen LogP contribution in [0.4, 0.5) is 18.0 Å². The predicted molar refractivity (Wildman–Crippen MR) is 129 cm³/mol. The zero-order valence-corrected chi connectivity index (χ0v) is 20.1. The second kappa shape index (κ2) is 11.4. The molecule has 0 spiro atoms. The second-order valence-electron chi connectivity index (χ2n) is 8.82. The van der Waals surface area contributed by atoms with Gasteiger partial charge in [0.15, 0.2) is 0 Å². The van der Waals surface area contributed by atoms with Crippen LogP contribution >= 0.6 is 0 Å². The third kappa shape index (κ3) is 7.03. The highest BCUT2D eigenvalue weighted by Crippen LogP contribution is 2.34. The van der Waals surface area contributed by atoms with Crippen LogP contribution in [0.3, 0.4) is 0 Å². The summed E-state index contributed by atoms with van der Waals surface area (Å²) >= 11 is 0. The Kier molecular flexibility index (Phi) is 8.01. The number of carbonyl (C=O) groups is 2. The highest BCUT2D eigenvalue weighted by atomic mass is 19.4. The van der Waals surface area contributed by atoms with Gasteiger partial charge in [-0.25, -0.2) is 4.79 Å². The van der Waals surface area contributed by atoms with Crippen molar-refractivity contribution in [3.63, 3.8) is 0 Å². The molecule has 3 aromatic rings. The van der Waals surface area contributed by atoms with E-state index in [1.165, 1.54) is 24.3 Å². The van der Waals surface area contributed by atoms with Gasteiger partial charge in [-0.05, 0) is 59.9 Å². The van der Waals surface area contributed by atoms with Crippen molar-refractivity contribution in [2.45, 2.75) is 32.0 Å². The van der Waals surface area contributed by atoms with Crippen LogP contribution in [-0.2, 0) is 46.3 Å². The third-order valence-corrected chi connectivity index (χ3v) is 6.10. The van der Waals surface area contributed by atoms with Crippen molar-refractivity contribution >= 4 is 12.1 Å². The molecular weight excluding hydrogens is 487 g/mol. The quantitative estimate of drug-likeness (QED) is 0.383. The van der Waals surface area contributed by atoms with Crippen molar-refractivity contribution in [3.05, 3.63) is 94.5 Å². The molecule has 194 valence electrons. The Hall–Kier alpha value is -4.01. The molecule has 0 aromatic heterocycles. The van der Waals surface area contributed by atoms with E-state index in [9.17, 15) is 22.8 Å². The van der Waals surface area contributed by atoms with Gasteiger partial charge in [0.25, 0.3) is 0 Å². The highest BCUT2D eigenvalue weighted by Gasteiger charge is 2.31. The van der Waals surface area contributed by atoms with Crippen LogP contribution in [0, 0.1) is 5.92 Å². The van der Waals surface area contributed by atoms with Crippen molar-refractivity contribution < 1.29 is 37.0 Å². The van der Waals surface area contributed by atoms with Crippen molar-refractivity contribution in [2.75, 3.05) is 13.7 Å². The first-order valence-corrected chi connectivity index (χ1v) is 11.7. The largest absolute Gasteiger partial charge is 0.469 e. The molecule has 37 heavy (non-hydrogen) atoms. The normalized spacial score (nSPS) is 13.1. The van der Waals surface area contributed by atoms with Gasteiger partial charge in [0.05, 0.1) is 25.7 Å². The van der Waals surface area contributed by atoms with E-state index in [0.29, 0.717) is 11.3 Å². The van der Waals surface area contributed by atoms with Gasteiger partial charge >= 0.3 is 18.2 Å². The van der Waals surface area contributed by atoms with Crippen molar-refractivity contribution in [3.8, 4) is 11.5 Å². The summed E-state index contributed by atoms with van der Waals surface area (Å²) in [6.45, 7) is -0.0235. The second-order valence-corrected chi connectivity index (χ2v) is 8.82. The molecule has 1 N–H and O–H groups in total. The maximum atomic E-state index is 13.3. The molecule has 4 rings (SSSR count). The minimum absolute atomic E-state index is 0.0209. The summed E-state index contributed by atoms with van der Waals surface area (Å²) in [5.41, 5.74) is 2.34. The van der Waals surface area contributed by atoms with Crippen LogP contribution < -0.4 is 10.1 Å². The van der Waals surface area contributed by atoms with Gasteiger partial charge in [-0.2, -0.15) is 13.2 Å². The number of fused-ring (bicyclic) bond motifs is 1. The standard InChI is InChI=1S/C28H26F3NO5/c1-35-26(33)14-18-5-4-8-24(13-18)37-25-10-9-23(28(29,30)31)15-22(25)16-32-27(34)36-17-19-11-20-6-2-3-7-21(20)12-19/h2-10,13,15,19H,11-12,14,16-17H2,1H3,(H,32,34). The average Bonchev–Trinajstić information content (AvgIpc) is 3.29. The lowest BCUT2D eigenvalue weighted by molar-refractivity contribution is -0.140. The molecule has 0 atom stereocenters. The molecular formula is C28H26F3NO5. The summed E-state index contributed by atoms with van der Waals surface area (Å²) in [5.74, 6) is 0.185. The van der Waals surface area contributed by atoms with E-state index >= 15 is 0 Å². The lowest BCUT2D eigenvalue weighted by Crippen LogP contribution is -2.26. The lowest BCUT2D eigenvalue weighted by Gasteiger charge is -2.16. The summed E-state index contributed by atoms with van der Waals surface area (Å²) in [4.78, 5) is 23.9. The molecule has 0 bridgehead atoms. The maximum Gasteiger partial charge on any atom is 0.416 e. The highest BCUT2D eigenvalue weighted by molar-refractivity contribution is 5.72. The monoisotopic (exact) mass is 513 g/mol. The van der Waals surface area contributed by atoms with Gasteiger partial charge in [0.1, 0.15) is 11.5 Å². The van der Waals surface area contributed by atoms with Gasteiger partial charge in [-0.3, -0.25) is 4.79 Å². The van der Waals surface area contributed by atoms with Crippen LogP contribution in [0.5, 0.6) is 11.5 Å². The van der Waals surface area contributed by atoms with Gasteiger partial charge in [0, 0.05) is 18.0 Å². The molecule has 1 aliphatic rings. The number of halogens is 3. The molecule has 1 aliphatic carbocycles. The minimum Gasteiger partial charge on any atom is -0.469 e. The SMILES string of the molecule is COC(=O)Cc1cccc(Oc2ccc(C(F)(F)F)cc2CNC(=O)OCC2Cc3ccccc3C2)c1. The van der Waals surface area contributed by atoms with E-state index in [4.69, 9.17) is 9.47 Å². The van der Waals surface area contributed by atoms with Gasteiger partial charge in [-0.15, -0.1) is 0 Å². The zero-order chi connectivity index (χ0) is 26.4. The molecule has 0 saturated carbocycles. The van der Waals surface area contributed by atoms with E-state index in [-0.39, 0.29) is 36.8 Å². The summed E-state index contributed by atoms with van der Waals surface area (Å²) in [7, 11) is 1.28. The number of benzene rings is 3. The fourth-order valence-electron chi connectivity index (χ4n) is 4.26. The van der Waals surface area contributed by atoms with E-state index in [2.05, 4.69) is 22.2 Å². The number of ether oxygens (including phenoxy) is 3. The molecule has 0 aliphatic heterocycles. The smallest absolute Gasteiger partial charge is 0.416 e. The lowest BCUT2D eigenvalue weighted by atomic mass is 10.1. The molecule has 1 amide bonds. The van der Waals surface area contributed by atoms with Crippen molar-refractivity contribution in [2.24, 2.45) is 5.92 Å². The topological polar surface area (TPSA) is 73.9 Å². The summed E-state index contributed by atoms with van der Waals surface area (Å²) in [6, 6.07) is 17.7. The minimum atomic E-state index is -4.56. The average molecular weight is 514 g/mol. The van der Waals surface area contributed by atoms with Crippen molar-refractivity contribution in [1.29, 1.82) is 0 Å². The number of carbonyl (C=O) groups excluding carboxylic acids is 2. The Labute approximate surface area is 212 Å². The van der Waals surface area contributed by atoms with Crippen molar-refractivity contribution in [1.82, 2.24) is 5.32 Å². The Morgan fingerprint density at radius 3 is 2.38 bits per heavy atom. The van der Waals surface area contributed by atoms with Crippen LogP contribution in [0.15, 0.2) is 66.7 Å². The van der Waals surface area contributed by atoms with Gasteiger partial charge in [-0.1, -0.05) is 36.4 Å². The van der Waals surface area contributed by atoms with E-state index in [1.54, 1.807) is 24.3 Å². The first kappa shape index (κ1) is 26.1. The third-order valence-electron chi connectivity index (χ3n) is 6.10. The summed E-state index contributed by atoms with van der Waals surface area (Å²) in [5, 5.41) is 2.52. The fraction of sp³-hybridized carbons (Fsp3) is 0.286. The number of amides is 1. The number of methoxy groups -OCH3 is 1. The van der Waals surface area contributed by atoms with E-state index in [0.717, 1.165) is 25.0 Å². The Morgan fingerprint density at radius 2 is 1.70 bits per heavy atom. The number of hydrogen-bond acceptors (Lipinski definition) is 5. The van der Waals surface area contributed by atoms with Crippen LogP contribution in [0.2, 0.25) is 0 Å². The Morgan fingerprint density at radius 1 is 0.973 bits per heavy atom. The van der Waals surface area contributed by atoms with Gasteiger partial charge < -0.3 is 19.5 Å². The molecule has 0 heterocycles. The predicted octanol–water partition coefficient (Wildman–Crippen LogP) is 5.85. The number of rotatable bonds is 8. The van der Waals surface area contributed by atoms with Crippen LogP contribution in [0.25, 0.3) is 0 Å². The molecule has 0 unspecified atom stereocenters. The first-order valence-electron chi connectivity index (χ1n) is 11.7. The van der Waals surface area contributed by atoms with E-state index in [1.807, 2.05) is 12.1 Å². The molecule has 0 fully saturated rings. The number of alkyl halides is 3. The number of nitrogens with one attached hydrogen (secondary N) is 1. The van der Waals surface area contributed by atoms with Gasteiger partial charge in [0.2, 0.25) is 0 Å². The maximum absolute atomic E-state index is 13.3. The summed E-state index contributed by atoms with van der Waals surface area (Å²) in [6.07, 6.45) is -3.65. The number of esters is 1. The molecule has 9 heteroatoms. The zero-order valence-electron chi connectivity index (χ0n) is 20.1. The number of alkyl carbamates (subject to hydrolysis) is 1. The summed E-state index contributed by atoms with van der Waals surface area (Å²) < 4.78 is 55.9. The van der Waals surface area contributed by atoms with E-state index < -0.39 is 23.8 Å². The molecule has 6 nitrogen and oxygen atoms in total. The molecule has 0 radical (unpaired) electrons. The Bertz CT molecular complexity index is 1250. The fourth-order valence-corrected chi connectivity index (χ4v) is 4.26.